The van der Waals surface area contributed by atoms with E-state index >= 15 is 0 Å². The van der Waals surface area contributed by atoms with E-state index in [1.807, 2.05) is 0 Å². The van der Waals surface area contributed by atoms with Crippen molar-refractivity contribution in [2.75, 3.05) is 19.8 Å². The lowest BCUT2D eigenvalue weighted by Crippen LogP contribution is -2.32. The van der Waals surface area contributed by atoms with E-state index < -0.39 is 0 Å². The summed E-state index contributed by atoms with van der Waals surface area (Å²) in [4.78, 5) is 0. The third kappa shape index (κ3) is 2.38. The summed E-state index contributed by atoms with van der Waals surface area (Å²) in [5.74, 6) is 1.07. The molecule has 0 spiro atoms. The monoisotopic (exact) mass is 247 g/mol. The van der Waals surface area contributed by atoms with Crippen molar-refractivity contribution in [2.45, 2.75) is 38.3 Å². The average Bonchev–Trinajstić information content (AvgIpc) is 3.06. The zero-order chi connectivity index (χ0) is 12.4. The third-order valence-electron chi connectivity index (χ3n) is 3.89. The van der Waals surface area contributed by atoms with Gasteiger partial charge in [0.05, 0.1) is 13.2 Å². The Kier molecular flexibility index (Phi) is 3.52. The fourth-order valence-electron chi connectivity index (χ4n) is 2.82. The zero-order valence-corrected chi connectivity index (χ0v) is 10.9. The molecule has 0 amide bonds. The molecule has 1 aromatic rings. The van der Waals surface area contributed by atoms with Crippen LogP contribution >= 0.6 is 0 Å². The minimum atomic E-state index is 0.433. The molecule has 98 valence electrons. The molecule has 18 heavy (non-hydrogen) atoms. The summed E-state index contributed by atoms with van der Waals surface area (Å²) < 4.78 is 11.0. The molecule has 2 atom stereocenters. The Morgan fingerprint density at radius 3 is 3.11 bits per heavy atom. The van der Waals surface area contributed by atoms with Crippen LogP contribution in [0.15, 0.2) is 18.2 Å². The van der Waals surface area contributed by atoms with Crippen LogP contribution in [0.2, 0.25) is 0 Å². The van der Waals surface area contributed by atoms with Gasteiger partial charge in [0.2, 0.25) is 0 Å². The molecule has 1 saturated heterocycles. The number of nitrogens with one attached hydrogen (secondary N) is 1. The molecule has 0 bridgehead atoms. The molecule has 2 aliphatic heterocycles. The first-order valence-electron chi connectivity index (χ1n) is 6.96. The van der Waals surface area contributed by atoms with Crippen LogP contribution in [0.3, 0.4) is 0 Å². The Hall–Kier alpha value is -1.06. The van der Waals surface area contributed by atoms with E-state index in [4.69, 9.17) is 9.47 Å². The van der Waals surface area contributed by atoms with E-state index in [1.54, 1.807) is 0 Å². The molecule has 2 aliphatic rings. The molecular weight excluding hydrogens is 226 g/mol. The normalized spacial score (nSPS) is 23.7. The molecule has 0 aliphatic carbocycles. The SMILES string of the molecule is CCC(NC1CCOC1)c1ccc2c(c1)CCO2. The molecule has 0 aromatic heterocycles. The summed E-state index contributed by atoms with van der Waals surface area (Å²) in [7, 11) is 0. The molecule has 3 rings (SSSR count). The largest absolute Gasteiger partial charge is 0.493 e. The van der Waals surface area contributed by atoms with Gasteiger partial charge >= 0.3 is 0 Å². The summed E-state index contributed by atoms with van der Waals surface area (Å²) in [5.41, 5.74) is 2.74. The maximum absolute atomic E-state index is 5.56. The van der Waals surface area contributed by atoms with Crippen LogP contribution in [0.1, 0.15) is 36.9 Å². The van der Waals surface area contributed by atoms with Gasteiger partial charge in [-0.2, -0.15) is 0 Å². The van der Waals surface area contributed by atoms with Crippen molar-refractivity contribution in [3.63, 3.8) is 0 Å². The Balaban J connectivity index is 1.74. The van der Waals surface area contributed by atoms with E-state index in [0.717, 1.165) is 44.8 Å². The minimum Gasteiger partial charge on any atom is -0.493 e. The molecule has 1 fully saturated rings. The van der Waals surface area contributed by atoms with Crippen molar-refractivity contribution in [2.24, 2.45) is 0 Å². The summed E-state index contributed by atoms with van der Waals surface area (Å²) in [6.45, 7) is 4.81. The quantitative estimate of drug-likeness (QED) is 0.886. The van der Waals surface area contributed by atoms with E-state index in [2.05, 4.69) is 30.4 Å². The molecule has 0 saturated carbocycles. The number of hydrogen-bond acceptors (Lipinski definition) is 3. The van der Waals surface area contributed by atoms with Gasteiger partial charge in [0.15, 0.2) is 0 Å². The lowest BCUT2D eigenvalue weighted by Gasteiger charge is -2.21. The summed E-state index contributed by atoms with van der Waals surface area (Å²) in [5, 5.41) is 3.71. The van der Waals surface area contributed by atoms with Crippen LogP contribution in [0.4, 0.5) is 0 Å². The number of rotatable bonds is 4. The van der Waals surface area contributed by atoms with Crippen molar-refractivity contribution < 1.29 is 9.47 Å². The van der Waals surface area contributed by atoms with Crippen LogP contribution in [-0.2, 0) is 11.2 Å². The third-order valence-corrected chi connectivity index (χ3v) is 3.89. The fourth-order valence-corrected chi connectivity index (χ4v) is 2.82. The number of fused-ring (bicyclic) bond motifs is 1. The van der Waals surface area contributed by atoms with Crippen molar-refractivity contribution in [1.82, 2.24) is 5.32 Å². The van der Waals surface area contributed by atoms with E-state index in [0.29, 0.717) is 12.1 Å². The highest BCUT2D eigenvalue weighted by molar-refractivity contribution is 5.40. The van der Waals surface area contributed by atoms with Gasteiger partial charge < -0.3 is 14.8 Å². The first-order valence-corrected chi connectivity index (χ1v) is 6.96. The van der Waals surface area contributed by atoms with E-state index in [-0.39, 0.29) is 0 Å². The van der Waals surface area contributed by atoms with Crippen molar-refractivity contribution in [3.8, 4) is 5.75 Å². The Bertz CT molecular complexity index is 413. The van der Waals surface area contributed by atoms with E-state index in [1.165, 1.54) is 11.1 Å². The fraction of sp³-hybridized carbons (Fsp3) is 0.600. The minimum absolute atomic E-state index is 0.433. The van der Waals surface area contributed by atoms with Crippen molar-refractivity contribution >= 4 is 0 Å². The maximum Gasteiger partial charge on any atom is 0.122 e. The molecular formula is C15H21NO2. The first kappa shape index (κ1) is 12.0. The highest BCUT2D eigenvalue weighted by Crippen LogP contribution is 2.29. The molecule has 1 N–H and O–H groups in total. The van der Waals surface area contributed by atoms with Crippen molar-refractivity contribution in [3.05, 3.63) is 29.3 Å². The van der Waals surface area contributed by atoms with Crippen LogP contribution in [0.5, 0.6) is 5.75 Å². The second kappa shape index (κ2) is 5.29. The van der Waals surface area contributed by atoms with Crippen LogP contribution in [0.25, 0.3) is 0 Å². The smallest absolute Gasteiger partial charge is 0.122 e. The van der Waals surface area contributed by atoms with E-state index in [9.17, 15) is 0 Å². The van der Waals surface area contributed by atoms with Gasteiger partial charge in [-0.1, -0.05) is 19.1 Å². The van der Waals surface area contributed by atoms with Crippen molar-refractivity contribution in [1.29, 1.82) is 0 Å². The van der Waals surface area contributed by atoms with Gasteiger partial charge in [-0.25, -0.2) is 0 Å². The molecule has 0 radical (unpaired) electrons. The van der Waals surface area contributed by atoms with Gasteiger partial charge in [0.1, 0.15) is 5.75 Å². The average molecular weight is 247 g/mol. The summed E-state index contributed by atoms with van der Waals surface area (Å²) in [6.07, 6.45) is 3.28. The summed E-state index contributed by atoms with van der Waals surface area (Å²) >= 11 is 0. The standard InChI is InChI=1S/C15H21NO2/c1-2-14(16-13-6-7-17-10-13)11-3-4-15-12(9-11)5-8-18-15/h3-4,9,13-14,16H,2,5-8,10H2,1H3. The van der Waals surface area contributed by atoms with Gasteiger partial charge in [-0.3, -0.25) is 0 Å². The van der Waals surface area contributed by atoms with Gasteiger partial charge in [-0.05, 0) is 30.0 Å². The van der Waals surface area contributed by atoms with Gasteiger partial charge in [-0.15, -0.1) is 0 Å². The Morgan fingerprint density at radius 2 is 2.33 bits per heavy atom. The topological polar surface area (TPSA) is 30.5 Å². The maximum atomic E-state index is 5.56. The molecule has 1 aromatic carbocycles. The number of ether oxygens (including phenoxy) is 2. The number of benzene rings is 1. The molecule has 3 nitrogen and oxygen atoms in total. The molecule has 2 unspecified atom stereocenters. The molecule has 2 heterocycles. The lowest BCUT2D eigenvalue weighted by molar-refractivity contribution is 0.187. The van der Waals surface area contributed by atoms with Crippen LogP contribution < -0.4 is 10.1 Å². The Morgan fingerprint density at radius 1 is 1.39 bits per heavy atom. The van der Waals surface area contributed by atoms with Crippen LogP contribution in [0, 0.1) is 0 Å². The Labute approximate surface area is 108 Å². The second-order valence-corrected chi connectivity index (χ2v) is 5.15. The summed E-state index contributed by atoms with van der Waals surface area (Å²) in [6, 6.07) is 7.56. The molecule has 3 heteroatoms. The number of hydrogen-bond donors (Lipinski definition) is 1. The highest BCUT2D eigenvalue weighted by atomic mass is 16.5. The predicted octanol–water partition coefficient (Wildman–Crippen LogP) is 2.45. The predicted molar refractivity (Wildman–Crippen MR) is 71.0 cm³/mol. The van der Waals surface area contributed by atoms with Crippen LogP contribution in [-0.4, -0.2) is 25.9 Å². The first-order chi connectivity index (χ1) is 8.86. The second-order valence-electron chi connectivity index (χ2n) is 5.15. The van der Waals surface area contributed by atoms with Gasteiger partial charge in [0, 0.05) is 25.1 Å². The highest BCUT2D eigenvalue weighted by Gasteiger charge is 2.21. The lowest BCUT2D eigenvalue weighted by atomic mass is 10.00. The van der Waals surface area contributed by atoms with Gasteiger partial charge in [0.25, 0.3) is 0 Å². The zero-order valence-electron chi connectivity index (χ0n) is 10.9.